The lowest BCUT2D eigenvalue weighted by molar-refractivity contribution is 0.152. The van der Waals surface area contributed by atoms with Crippen LogP contribution in [0.15, 0.2) is 34.7 Å². The Morgan fingerprint density at radius 3 is 2.24 bits per heavy atom. The number of hydrogen-bond donors (Lipinski definition) is 0. The third kappa shape index (κ3) is 2.35. The first-order chi connectivity index (χ1) is 9.63. The number of allylic oxidation sites excluding steroid dienone is 1. The van der Waals surface area contributed by atoms with Gasteiger partial charge in [0.1, 0.15) is 0 Å². The molecule has 114 valence electrons. The van der Waals surface area contributed by atoms with Gasteiger partial charge < -0.3 is 0 Å². The number of rotatable bonds is 2. The van der Waals surface area contributed by atoms with E-state index in [4.69, 9.17) is 10.7 Å². The number of benzene rings is 1. The van der Waals surface area contributed by atoms with E-state index in [-0.39, 0.29) is 4.90 Å². The van der Waals surface area contributed by atoms with Gasteiger partial charge in [0.25, 0.3) is 9.05 Å². The Bertz CT molecular complexity index is 698. The molecule has 2 saturated carbocycles. The minimum absolute atomic E-state index is 0.159. The molecule has 2 aliphatic carbocycles. The fourth-order valence-electron chi connectivity index (χ4n) is 4.20. The first-order valence-corrected chi connectivity index (χ1v) is 9.70. The van der Waals surface area contributed by atoms with Crippen LogP contribution in [0, 0.1) is 16.7 Å². The van der Waals surface area contributed by atoms with Crippen molar-refractivity contribution in [2.24, 2.45) is 16.7 Å². The topological polar surface area (TPSA) is 34.1 Å². The van der Waals surface area contributed by atoms with Gasteiger partial charge in [0.2, 0.25) is 0 Å². The summed E-state index contributed by atoms with van der Waals surface area (Å²) in [5, 5.41) is 0. The molecule has 0 aromatic heterocycles. The van der Waals surface area contributed by atoms with Crippen LogP contribution in [0.1, 0.15) is 45.6 Å². The van der Waals surface area contributed by atoms with Gasteiger partial charge in [0, 0.05) is 10.7 Å². The molecular weight excluding hydrogens is 304 g/mol. The smallest absolute Gasteiger partial charge is 0.207 e. The molecule has 2 fully saturated rings. The Kier molecular flexibility index (Phi) is 3.31. The third-order valence-electron chi connectivity index (χ3n) is 5.97. The van der Waals surface area contributed by atoms with Crippen LogP contribution in [0.5, 0.6) is 0 Å². The SMILES string of the molecule is CC12CCC(C(=Cc3ccc(S(=O)(=O)Cl)cc3)C1)C2(C)C. The molecule has 2 aliphatic rings. The van der Waals surface area contributed by atoms with Crippen LogP contribution in [0.3, 0.4) is 0 Å². The van der Waals surface area contributed by atoms with E-state index < -0.39 is 9.05 Å². The van der Waals surface area contributed by atoms with E-state index in [0.29, 0.717) is 16.7 Å². The maximum absolute atomic E-state index is 11.3. The van der Waals surface area contributed by atoms with E-state index in [9.17, 15) is 8.42 Å². The van der Waals surface area contributed by atoms with Gasteiger partial charge in [-0.25, -0.2) is 8.42 Å². The fourth-order valence-corrected chi connectivity index (χ4v) is 4.97. The van der Waals surface area contributed by atoms with E-state index in [0.717, 1.165) is 12.0 Å². The van der Waals surface area contributed by atoms with E-state index in [1.54, 1.807) is 12.1 Å². The predicted molar refractivity (Wildman–Crippen MR) is 86.7 cm³/mol. The van der Waals surface area contributed by atoms with Crippen LogP contribution in [-0.2, 0) is 9.05 Å². The first kappa shape index (κ1) is 15.1. The Labute approximate surface area is 131 Å². The van der Waals surface area contributed by atoms with Crippen LogP contribution in [0.4, 0.5) is 0 Å². The van der Waals surface area contributed by atoms with Gasteiger partial charge in [-0.2, -0.15) is 0 Å². The van der Waals surface area contributed by atoms with Crippen LogP contribution >= 0.6 is 10.7 Å². The quantitative estimate of drug-likeness (QED) is 0.729. The van der Waals surface area contributed by atoms with Crippen molar-refractivity contribution >= 4 is 25.8 Å². The molecule has 0 amide bonds. The van der Waals surface area contributed by atoms with Gasteiger partial charge in [-0.05, 0) is 53.7 Å². The molecule has 2 unspecified atom stereocenters. The second-order valence-corrected chi connectivity index (χ2v) is 9.84. The maximum atomic E-state index is 11.3. The van der Waals surface area contributed by atoms with Crippen molar-refractivity contribution in [3.8, 4) is 0 Å². The normalized spacial score (nSPS) is 32.8. The van der Waals surface area contributed by atoms with Gasteiger partial charge in [-0.1, -0.05) is 44.6 Å². The summed E-state index contributed by atoms with van der Waals surface area (Å²) < 4.78 is 22.5. The van der Waals surface area contributed by atoms with Crippen molar-refractivity contribution in [3.63, 3.8) is 0 Å². The second kappa shape index (κ2) is 4.60. The molecule has 2 bridgehead atoms. The number of fused-ring (bicyclic) bond motifs is 2. The van der Waals surface area contributed by atoms with Crippen molar-refractivity contribution in [1.82, 2.24) is 0 Å². The fraction of sp³-hybridized carbons (Fsp3) is 0.529. The van der Waals surface area contributed by atoms with Crippen LogP contribution in [0.2, 0.25) is 0 Å². The highest BCUT2D eigenvalue weighted by atomic mass is 35.7. The highest BCUT2D eigenvalue weighted by molar-refractivity contribution is 8.13. The van der Waals surface area contributed by atoms with Crippen LogP contribution < -0.4 is 0 Å². The minimum Gasteiger partial charge on any atom is -0.207 e. The summed E-state index contributed by atoms with van der Waals surface area (Å²) in [5.41, 5.74) is 3.33. The van der Waals surface area contributed by atoms with Crippen molar-refractivity contribution in [1.29, 1.82) is 0 Å². The zero-order chi connectivity index (χ0) is 15.5. The summed E-state index contributed by atoms with van der Waals surface area (Å²) in [6.45, 7) is 7.17. The van der Waals surface area contributed by atoms with Gasteiger partial charge >= 0.3 is 0 Å². The molecule has 1 aromatic rings. The molecule has 0 spiro atoms. The molecule has 2 atom stereocenters. The highest BCUT2D eigenvalue weighted by Crippen LogP contribution is 2.67. The van der Waals surface area contributed by atoms with Gasteiger partial charge in [-0.3, -0.25) is 0 Å². The third-order valence-corrected chi connectivity index (χ3v) is 7.34. The monoisotopic (exact) mass is 324 g/mol. The Hall–Kier alpha value is -0.800. The summed E-state index contributed by atoms with van der Waals surface area (Å²) in [5.74, 6) is 0.652. The Morgan fingerprint density at radius 2 is 1.81 bits per heavy atom. The minimum atomic E-state index is -3.63. The van der Waals surface area contributed by atoms with Gasteiger partial charge in [-0.15, -0.1) is 0 Å². The molecule has 0 heterocycles. The molecule has 2 nitrogen and oxygen atoms in total. The molecule has 21 heavy (non-hydrogen) atoms. The summed E-state index contributed by atoms with van der Waals surface area (Å²) >= 11 is 0. The van der Waals surface area contributed by atoms with Crippen LogP contribution in [-0.4, -0.2) is 8.42 Å². The average Bonchev–Trinajstić information content (AvgIpc) is 2.70. The standard InChI is InChI=1S/C17H21ClO2S/c1-16(2)15-8-9-17(16,3)11-13(15)10-12-4-6-14(7-5-12)21(18,19)20/h4-7,10,15H,8-9,11H2,1-3H3. The second-order valence-electron chi connectivity index (χ2n) is 7.28. The highest BCUT2D eigenvalue weighted by Gasteiger charge is 2.58. The average molecular weight is 325 g/mol. The van der Waals surface area contributed by atoms with Crippen molar-refractivity contribution < 1.29 is 8.42 Å². The maximum Gasteiger partial charge on any atom is 0.261 e. The molecular formula is C17H21ClO2S. The van der Waals surface area contributed by atoms with Crippen molar-refractivity contribution in [2.75, 3.05) is 0 Å². The van der Waals surface area contributed by atoms with E-state index in [1.165, 1.54) is 18.4 Å². The predicted octanol–water partition coefficient (Wildman–Crippen LogP) is 4.84. The zero-order valence-corrected chi connectivity index (χ0v) is 14.3. The summed E-state index contributed by atoms with van der Waals surface area (Å²) in [6.07, 6.45) is 5.97. The molecule has 1 aromatic carbocycles. The molecule has 4 heteroatoms. The van der Waals surface area contributed by atoms with Gasteiger partial charge in [0.05, 0.1) is 4.90 Å². The molecule has 0 aliphatic heterocycles. The van der Waals surface area contributed by atoms with Crippen molar-refractivity contribution in [3.05, 3.63) is 35.4 Å². The number of halogens is 1. The number of hydrogen-bond acceptors (Lipinski definition) is 2. The molecule has 3 rings (SSSR count). The molecule has 0 radical (unpaired) electrons. The van der Waals surface area contributed by atoms with Crippen LogP contribution in [0.25, 0.3) is 6.08 Å². The van der Waals surface area contributed by atoms with Crippen molar-refractivity contribution in [2.45, 2.75) is 44.9 Å². The van der Waals surface area contributed by atoms with E-state index in [1.807, 2.05) is 12.1 Å². The Morgan fingerprint density at radius 1 is 1.19 bits per heavy atom. The summed E-state index contributed by atoms with van der Waals surface area (Å²) in [6, 6.07) is 6.83. The van der Waals surface area contributed by atoms with E-state index >= 15 is 0 Å². The van der Waals surface area contributed by atoms with Gasteiger partial charge in [0.15, 0.2) is 0 Å². The lowest BCUT2D eigenvalue weighted by Crippen LogP contribution is -2.26. The Balaban J connectivity index is 1.91. The molecule has 0 N–H and O–H groups in total. The largest absolute Gasteiger partial charge is 0.261 e. The van der Waals surface area contributed by atoms with E-state index in [2.05, 4.69) is 26.8 Å². The summed E-state index contributed by atoms with van der Waals surface area (Å²) in [4.78, 5) is 0.159. The first-order valence-electron chi connectivity index (χ1n) is 7.39. The zero-order valence-electron chi connectivity index (χ0n) is 12.7. The lowest BCUT2D eigenvalue weighted by atomic mass is 9.71. The molecule has 0 saturated heterocycles. The lowest BCUT2D eigenvalue weighted by Gasteiger charge is -2.33. The summed E-state index contributed by atoms with van der Waals surface area (Å²) in [7, 11) is 1.71.